The third-order valence-corrected chi connectivity index (χ3v) is 4.00. The van der Waals surface area contributed by atoms with Crippen LogP contribution in [-0.4, -0.2) is 43.9 Å². The van der Waals surface area contributed by atoms with Crippen molar-refractivity contribution in [2.75, 3.05) is 38.1 Å². The molecule has 1 saturated heterocycles. The van der Waals surface area contributed by atoms with E-state index in [9.17, 15) is 4.79 Å². The second kappa shape index (κ2) is 4.33. The summed E-state index contributed by atoms with van der Waals surface area (Å²) in [6.45, 7) is 5.96. The molecule has 0 amide bonds. The normalized spacial score (nSPS) is 18.1. The Morgan fingerprint density at radius 1 is 1.27 bits per heavy atom. The van der Waals surface area contributed by atoms with Gasteiger partial charge in [0.2, 0.25) is 0 Å². The molecule has 0 N–H and O–H groups in total. The number of rotatable bonds is 2. The fraction of sp³-hybridized carbons (Fsp3) is 0.545. The van der Waals surface area contributed by atoms with Gasteiger partial charge in [0.15, 0.2) is 5.78 Å². The molecule has 0 unspecified atom stereocenters. The Labute approximate surface area is 94.3 Å². The molecule has 0 radical (unpaired) electrons. The first-order valence-corrected chi connectivity index (χ1v) is 6.03. The average molecular weight is 224 g/mol. The summed E-state index contributed by atoms with van der Waals surface area (Å²) >= 11 is 1.61. The predicted molar refractivity (Wildman–Crippen MR) is 64.0 cm³/mol. The predicted octanol–water partition coefficient (Wildman–Crippen LogP) is 1.70. The van der Waals surface area contributed by atoms with E-state index in [0.29, 0.717) is 0 Å². The van der Waals surface area contributed by atoms with E-state index in [0.717, 1.165) is 31.1 Å². The minimum Gasteiger partial charge on any atom is -0.361 e. The molecule has 1 aromatic rings. The summed E-state index contributed by atoms with van der Waals surface area (Å²) in [4.78, 5) is 16.7. The van der Waals surface area contributed by atoms with E-state index in [2.05, 4.69) is 22.9 Å². The lowest BCUT2D eigenvalue weighted by Crippen LogP contribution is -2.44. The topological polar surface area (TPSA) is 23.6 Å². The van der Waals surface area contributed by atoms with Crippen LogP contribution in [0.5, 0.6) is 0 Å². The van der Waals surface area contributed by atoms with Crippen LogP contribution in [0.1, 0.15) is 16.6 Å². The molecule has 0 aliphatic carbocycles. The van der Waals surface area contributed by atoms with Crippen molar-refractivity contribution < 1.29 is 4.79 Å². The van der Waals surface area contributed by atoms with Crippen LogP contribution in [-0.2, 0) is 0 Å². The Morgan fingerprint density at radius 3 is 2.47 bits per heavy atom. The molecule has 3 nitrogen and oxygen atoms in total. The van der Waals surface area contributed by atoms with E-state index in [1.54, 1.807) is 18.3 Å². The van der Waals surface area contributed by atoms with Crippen LogP contribution < -0.4 is 4.90 Å². The number of likely N-dealkylation sites (N-methyl/N-ethyl adjacent to an activating group) is 1. The van der Waals surface area contributed by atoms with Crippen LogP contribution in [0.25, 0.3) is 0 Å². The molecule has 4 heteroatoms. The molecule has 0 bridgehead atoms. The van der Waals surface area contributed by atoms with E-state index in [-0.39, 0.29) is 5.78 Å². The van der Waals surface area contributed by atoms with Gasteiger partial charge in [-0.25, -0.2) is 0 Å². The number of Topliss-reactive ketones (excluding diaryl/α,β-unsaturated/α-hetero) is 1. The fourth-order valence-electron chi connectivity index (χ4n) is 1.71. The first-order valence-electron chi connectivity index (χ1n) is 5.21. The van der Waals surface area contributed by atoms with Gasteiger partial charge in [0.1, 0.15) is 0 Å². The van der Waals surface area contributed by atoms with E-state index < -0.39 is 0 Å². The summed E-state index contributed by atoms with van der Waals surface area (Å²) in [6, 6.07) is 3.99. The zero-order chi connectivity index (χ0) is 10.8. The summed E-state index contributed by atoms with van der Waals surface area (Å²) in [5.74, 6) is 0.167. The van der Waals surface area contributed by atoms with Gasteiger partial charge in [0.05, 0.1) is 9.88 Å². The van der Waals surface area contributed by atoms with Crippen LogP contribution >= 0.6 is 11.3 Å². The number of thiophene rings is 1. The minimum absolute atomic E-state index is 0.167. The van der Waals surface area contributed by atoms with Crippen molar-refractivity contribution in [3.8, 4) is 0 Å². The highest BCUT2D eigenvalue weighted by Crippen LogP contribution is 2.26. The quantitative estimate of drug-likeness (QED) is 0.714. The second-order valence-corrected chi connectivity index (χ2v) is 5.05. The van der Waals surface area contributed by atoms with Gasteiger partial charge < -0.3 is 9.80 Å². The largest absolute Gasteiger partial charge is 0.361 e. The molecular formula is C11H16N2OS. The standard InChI is InChI=1S/C11H16N2OS/c1-9(14)10-3-4-11(15-10)13-7-5-12(2)6-8-13/h3-4H,5-8H2,1-2H3. The van der Waals surface area contributed by atoms with Crippen molar-refractivity contribution in [3.63, 3.8) is 0 Å². The number of carbonyl (C=O) groups excluding carboxylic acids is 1. The van der Waals surface area contributed by atoms with Crippen molar-refractivity contribution in [1.82, 2.24) is 4.90 Å². The van der Waals surface area contributed by atoms with Gasteiger partial charge in [-0.1, -0.05) is 0 Å². The second-order valence-electron chi connectivity index (χ2n) is 3.98. The Hall–Kier alpha value is -0.870. The van der Waals surface area contributed by atoms with E-state index >= 15 is 0 Å². The maximum Gasteiger partial charge on any atom is 0.169 e. The Balaban J connectivity index is 2.06. The summed E-state index contributed by atoms with van der Waals surface area (Å²) in [7, 11) is 2.15. The molecule has 15 heavy (non-hydrogen) atoms. The summed E-state index contributed by atoms with van der Waals surface area (Å²) in [5.41, 5.74) is 0. The molecule has 82 valence electrons. The lowest BCUT2D eigenvalue weighted by molar-refractivity contribution is 0.102. The van der Waals surface area contributed by atoms with Gasteiger partial charge in [-0.15, -0.1) is 11.3 Å². The highest BCUT2D eigenvalue weighted by molar-refractivity contribution is 7.18. The number of nitrogens with zero attached hydrogens (tertiary/aromatic N) is 2. The monoisotopic (exact) mass is 224 g/mol. The highest BCUT2D eigenvalue weighted by Gasteiger charge is 2.16. The number of carbonyl (C=O) groups is 1. The molecule has 0 atom stereocenters. The Morgan fingerprint density at radius 2 is 1.93 bits per heavy atom. The van der Waals surface area contributed by atoms with E-state index in [1.807, 2.05) is 6.07 Å². The van der Waals surface area contributed by atoms with Gasteiger partial charge in [-0.3, -0.25) is 4.79 Å². The summed E-state index contributed by atoms with van der Waals surface area (Å²) in [5, 5.41) is 1.23. The van der Waals surface area contributed by atoms with Crippen molar-refractivity contribution in [3.05, 3.63) is 17.0 Å². The minimum atomic E-state index is 0.167. The van der Waals surface area contributed by atoms with Gasteiger partial charge in [-0.05, 0) is 26.1 Å². The van der Waals surface area contributed by atoms with Gasteiger partial charge >= 0.3 is 0 Å². The molecule has 1 fully saturated rings. The molecule has 1 aromatic heterocycles. The maximum absolute atomic E-state index is 11.2. The summed E-state index contributed by atoms with van der Waals surface area (Å²) < 4.78 is 0. The number of ketones is 1. The van der Waals surface area contributed by atoms with E-state index in [1.165, 1.54) is 5.00 Å². The van der Waals surface area contributed by atoms with Crippen LogP contribution in [0.15, 0.2) is 12.1 Å². The van der Waals surface area contributed by atoms with Crippen LogP contribution in [0.3, 0.4) is 0 Å². The van der Waals surface area contributed by atoms with Crippen LogP contribution in [0, 0.1) is 0 Å². The van der Waals surface area contributed by atoms with Gasteiger partial charge in [0, 0.05) is 26.2 Å². The zero-order valence-electron chi connectivity index (χ0n) is 9.19. The Bertz CT molecular complexity index is 353. The van der Waals surface area contributed by atoms with Crippen LogP contribution in [0.4, 0.5) is 5.00 Å². The summed E-state index contributed by atoms with van der Waals surface area (Å²) in [6.07, 6.45) is 0. The number of hydrogen-bond acceptors (Lipinski definition) is 4. The molecule has 0 saturated carbocycles. The molecule has 0 spiro atoms. The molecule has 2 rings (SSSR count). The maximum atomic E-state index is 11.2. The molecule has 1 aliphatic heterocycles. The van der Waals surface area contributed by atoms with Crippen molar-refractivity contribution in [2.45, 2.75) is 6.92 Å². The van der Waals surface area contributed by atoms with E-state index in [4.69, 9.17) is 0 Å². The smallest absolute Gasteiger partial charge is 0.169 e. The molecule has 1 aliphatic rings. The lowest BCUT2D eigenvalue weighted by Gasteiger charge is -2.32. The Kier molecular flexibility index (Phi) is 3.07. The van der Waals surface area contributed by atoms with Crippen molar-refractivity contribution >= 4 is 22.1 Å². The van der Waals surface area contributed by atoms with Crippen LogP contribution in [0.2, 0.25) is 0 Å². The molecule has 0 aromatic carbocycles. The first kappa shape index (κ1) is 10.6. The SMILES string of the molecule is CC(=O)c1ccc(N2CCN(C)CC2)s1. The van der Waals surface area contributed by atoms with Crippen molar-refractivity contribution in [1.29, 1.82) is 0 Å². The third-order valence-electron chi connectivity index (χ3n) is 2.75. The molecule has 2 heterocycles. The number of hydrogen-bond donors (Lipinski definition) is 0. The number of piperazine rings is 1. The number of anilines is 1. The highest BCUT2D eigenvalue weighted by atomic mass is 32.1. The van der Waals surface area contributed by atoms with Gasteiger partial charge in [0.25, 0.3) is 0 Å². The molecular weight excluding hydrogens is 208 g/mol. The van der Waals surface area contributed by atoms with Crippen molar-refractivity contribution in [2.24, 2.45) is 0 Å². The first-order chi connectivity index (χ1) is 7.16. The average Bonchev–Trinajstić information content (AvgIpc) is 2.68. The lowest BCUT2D eigenvalue weighted by atomic mass is 10.3. The fourth-order valence-corrected chi connectivity index (χ4v) is 2.67. The third kappa shape index (κ3) is 2.38. The zero-order valence-corrected chi connectivity index (χ0v) is 10.0. The van der Waals surface area contributed by atoms with Gasteiger partial charge in [-0.2, -0.15) is 0 Å².